The predicted molar refractivity (Wildman–Crippen MR) is 280 cm³/mol. The highest BCUT2D eigenvalue weighted by atomic mass is 16.7. The lowest BCUT2D eigenvalue weighted by Gasteiger charge is -2.18. The molecule has 8 aromatic rings. The number of hydrogen-bond donors (Lipinski definition) is 2. The van der Waals surface area contributed by atoms with Crippen LogP contribution in [-0.4, -0.2) is 71.1 Å². The summed E-state index contributed by atoms with van der Waals surface area (Å²) in [5.74, 6) is 0.712. The molecule has 2 heterocycles. The molecular formula is C59H58N6O8. The number of ether oxygens (including phenoxy) is 4. The third-order valence-electron chi connectivity index (χ3n) is 12.9. The quantitative estimate of drug-likeness (QED) is 0.0773. The average Bonchev–Trinajstić information content (AvgIpc) is 3.34. The number of aryl methyl sites for hydroxylation is 8. The van der Waals surface area contributed by atoms with E-state index in [9.17, 15) is 19.8 Å². The number of carbonyl (C=O) groups is 2. The Kier molecular flexibility index (Phi) is 14.7. The minimum absolute atomic E-state index is 0.169. The van der Waals surface area contributed by atoms with Crippen molar-refractivity contribution < 1.29 is 38.7 Å². The average molecular weight is 979 g/mol. The summed E-state index contributed by atoms with van der Waals surface area (Å²) < 4.78 is 22.3. The zero-order chi connectivity index (χ0) is 52.4. The molecule has 2 atom stereocenters. The molecular weight excluding hydrogens is 921 g/mol. The number of aromatic hydroxyl groups is 2. The number of aromatic nitrogens is 6. The molecule has 0 fully saturated rings. The van der Waals surface area contributed by atoms with Crippen molar-refractivity contribution in [2.45, 2.75) is 95.3 Å². The maximum atomic E-state index is 13.1. The van der Waals surface area contributed by atoms with E-state index in [1.165, 1.54) is 26.0 Å². The van der Waals surface area contributed by atoms with Crippen LogP contribution in [0.3, 0.4) is 0 Å². The number of esters is 2. The van der Waals surface area contributed by atoms with Gasteiger partial charge < -0.3 is 29.2 Å². The Morgan fingerprint density at radius 1 is 0.411 bits per heavy atom. The Morgan fingerprint density at radius 2 is 0.808 bits per heavy atom. The van der Waals surface area contributed by atoms with Gasteiger partial charge in [-0.15, -0.1) is 0 Å². The van der Waals surface area contributed by atoms with Crippen LogP contribution >= 0.6 is 0 Å². The fraction of sp³-hybridized carbons (Fsp3) is 0.254. The van der Waals surface area contributed by atoms with Crippen molar-refractivity contribution >= 4 is 11.9 Å². The standard InChI is InChI=1S/C59H58N6O8/c1-30-13-18-43(34(5)23-30)52-60-53(44-19-14-31(2)24-35(44)6)64-57(63-52)48-26-37(8)51(28-50(48)67)73-41(12)59(69)71-29-70-58(68)40(11)72-42-17-22-47(49(66)27-42)56-62-54(45-20-15-32(3)25-36(45)7)61-55(65-56)46-21-16-33(4)38(9)39(46)10/h13-28,40-41,66-67H,29H2,1-12H3. The van der Waals surface area contributed by atoms with E-state index in [2.05, 4.69) is 32.0 Å². The highest BCUT2D eigenvalue weighted by Crippen LogP contribution is 2.38. The van der Waals surface area contributed by atoms with Gasteiger partial charge in [0.25, 0.3) is 0 Å². The first kappa shape index (κ1) is 50.9. The number of rotatable bonds is 14. The first-order valence-electron chi connectivity index (χ1n) is 23.9. The summed E-state index contributed by atoms with van der Waals surface area (Å²) in [7, 11) is 0. The van der Waals surface area contributed by atoms with Crippen molar-refractivity contribution in [3.63, 3.8) is 0 Å². The monoisotopic (exact) mass is 978 g/mol. The van der Waals surface area contributed by atoms with Crippen molar-refractivity contribution in [1.29, 1.82) is 0 Å². The second-order valence-electron chi connectivity index (χ2n) is 18.6. The second-order valence-corrected chi connectivity index (χ2v) is 18.6. The SMILES string of the molecule is Cc1ccc(-c2nc(-c3ccc(C)cc3C)nc(-c3cc(C)c(OC(C)C(=O)OCOC(=O)C(C)Oc4ccc(-c5nc(-c6ccc(C)cc6C)nc(-c6ccc(C)c(C)c6C)n5)c(O)c4)cc3O)n2)c(C)c1. The summed E-state index contributed by atoms with van der Waals surface area (Å²) >= 11 is 0. The molecule has 14 nitrogen and oxygen atoms in total. The normalized spacial score (nSPS) is 12.0. The molecule has 0 aliphatic rings. The van der Waals surface area contributed by atoms with Crippen molar-refractivity contribution in [3.05, 3.63) is 153 Å². The van der Waals surface area contributed by atoms with Gasteiger partial charge in [-0.05, 0) is 140 Å². The molecule has 0 bridgehead atoms. The maximum Gasteiger partial charge on any atom is 0.349 e. The van der Waals surface area contributed by atoms with Crippen molar-refractivity contribution in [2.75, 3.05) is 6.79 Å². The topological polar surface area (TPSA) is 189 Å². The molecule has 0 aliphatic carbocycles. The smallest absolute Gasteiger partial charge is 0.349 e. The summed E-state index contributed by atoms with van der Waals surface area (Å²) in [4.78, 5) is 55.2. The predicted octanol–water partition coefficient (Wildman–Crippen LogP) is 11.8. The van der Waals surface area contributed by atoms with Gasteiger partial charge in [0.05, 0.1) is 11.1 Å². The van der Waals surface area contributed by atoms with Gasteiger partial charge in [-0.2, -0.15) is 0 Å². The minimum Gasteiger partial charge on any atom is -0.507 e. The van der Waals surface area contributed by atoms with Crippen LogP contribution < -0.4 is 9.47 Å². The van der Waals surface area contributed by atoms with Crippen LogP contribution in [0.2, 0.25) is 0 Å². The Morgan fingerprint density at radius 3 is 1.27 bits per heavy atom. The molecule has 0 amide bonds. The number of hydrogen-bond acceptors (Lipinski definition) is 14. The summed E-state index contributed by atoms with van der Waals surface area (Å²) in [6.07, 6.45) is -2.32. The maximum absolute atomic E-state index is 13.1. The van der Waals surface area contributed by atoms with Crippen LogP contribution in [0.5, 0.6) is 23.0 Å². The Bertz CT molecular complexity index is 3390. The number of benzene rings is 6. The summed E-state index contributed by atoms with van der Waals surface area (Å²) in [5.41, 5.74) is 14.2. The van der Waals surface area contributed by atoms with Gasteiger partial charge in [0.2, 0.25) is 6.79 Å². The van der Waals surface area contributed by atoms with Gasteiger partial charge in [-0.1, -0.05) is 83.4 Å². The highest BCUT2D eigenvalue weighted by Gasteiger charge is 2.25. The molecule has 2 aromatic heterocycles. The van der Waals surface area contributed by atoms with Crippen molar-refractivity contribution in [2.24, 2.45) is 0 Å². The van der Waals surface area contributed by atoms with Crippen molar-refractivity contribution in [3.8, 4) is 91.3 Å². The molecule has 0 radical (unpaired) electrons. The number of phenols is 2. The first-order valence-corrected chi connectivity index (χ1v) is 23.9. The van der Waals surface area contributed by atoms with Crippen LogP contribution in [0, 0.1) is 69.2 Å². The highest BCUT2D eigenvalue weighted by molar-refractivity contribution is 5.78. The first-order chi connectivity index (χ1) is 34.7. The van der Waals surface area contributed by atoms with E-state index in [-0.39, 0.29) is 34.6 Å². The third-order valence-corrected chi connectivity index (χ3v) is 12.9. The van der Waals surface area contributed by atoms with Crippen LogP contribution in [-0.2, 0) is 19.1 Å². The fourth-order valence-corrected chi connectivity index (χ4v) is 8.49. The van der Waals surface area contributed by atoms with E-state index in [0.29, 0.717) is 40.0 Å². The lowest BCUT2D eigenvalue weighted by molar-refractivity contribution is -0.175. The van der Waals surface area contributed by atoms with E-state index in [1.54, 1.807) is 25.1 Å². The Balaban J connectivity index is 0.920. The van der Waals surface area contributed by atoms with Gasteiger partial charge in [0, 0.05) is 34.4 Å². The molecule has 0 spiro atoms. The molecule has 372 valence electrons. The Hall–Kier alpha value is -8.52. The van der Waals surface area contributed by atoms with Gasteiger partial charge >= 0.3 is 11.9 Å². The number of carbonyl (C=O) groups excluding carboxylic acids is 2. The van der Waals surface area contributed by atoms with Gasteiger partial charge in [0.15, 0.2) is 47.2 Å². The van der Waals surface area contributed by atoms with E-state index in [4.69, 9.17) is 48.9 Å². The van der Waals surface area contributed by atoms with Gasteiger partial charge in [-0.3, -0.25) is 0 Å². The van der Waals surface area contributed by atoms with Gasteiger partial charge in [0.1, 0.15) is 23.0 Å². The molecule has 0 aliphatic heterocycles. The van der Waals surface area contributed by atoms with Gasteiger partial charge in [-0.25, -0.2) is 39.5 Å². The van der Waals surface area contributed by atoms with E-state index in [1.807, 2.05) is 97.0 Å². The lowest BCUT2D eigenvalue weighted by atomic mass is 9.98. The van der Waals surface area contributed by atoms with Crippen LogP contribution in [0.4, 0.5) is 0 Å². The molecule has 6 aromatic carbocycles. The summed E-state index contributed by atoms with van der Waals surface area (Å²) in [6, 6.07) is 29.8. The third kappa shape index (κ3) is 11.2. The Labute approximate surface area is 425 Å². The fourth-order valence-electron chi connectivity index (χ4n) is 8.49. The van der Waals surface area contributed by atoms with Crippen LogP contribution in [0.25, 0.3) is 68.3 Å². The largest absolute Gasteiger partial charge is 0.507 e. The molecule has 2 N–H and O–H groups in total. The molecule has 0 saturated carbocycles. The lowest BCUT2D eigenvalue weighted by Crippen LogP contribution is -2.30. The molecule has 73 heavy (non-hydrogen) atoms. The number of nitrogens with zero attached hydrogens (tertiary/aromatic N) is 6. The van der Waals surface area contributed by atoms with Crippen LogP contribution in [0.15, 0.2) is 97.1 Å². The zero-order valence-electron chi connectivity index (χ0n) is 43.1. The minimum atomic E-state index is -1.16. The summed E-state index contributed by atoms with van der Waals surface area (Å²) in [6.45, 7) is 22.2. The van der Waals surface area contributed by atoms with Crippen LogP contribution in [0.1, 0.15) is 69.5 Å². The van der Waals surface area contributed by atoms with E-state index in [0.717, 1.165) is 72.3 Å². The molecule has 8 rings (SSSR count). The van der Waals surface area contributed by atoms with Crippen molar-refractivity contribution in [1.82, 2.24) is 29.9 Å². The van der Waals surface area contributed by atoms with E-state index >= 15 is 0 Å². The molecule has 0 saturated heterocycles. The molecule has 2 unspecified atom stereocenters. The number of phenolic OH excluding ortho intramolecular Hbond substituents is 2. The summed E-state index contributed by atoms with van der Waals surface area (Å²) in [5, 5.41) is 22.8. The van der Waals surface area contributed by atoms with E-state index < -0.39 is 30.9 Å². The second kappa shape index (κ2) is 21.1. The molecule has 14 heteroatoms. The zero-order valence-corrected chi connectivity index (χ0v) is 43.1.